The largest absolute Gasteiger partial charge is 0.477 e. The lowest BCUT2D eigenvalue weighted by Crippen LogP contribution is -2.39. The van der Waals surface area contributed by atoms with E-state index in [0.717, 1.165) is 80.3 Å². The van der Waals surface area contributed by atoms with Crippen LogP contribution in [0.4, 0.5) is 5.82 Å². The molecule has 9 nitrogen and oxygen atoms in total. The van der Waals surface area contributed by atoms with Crippen molar-refractivity contribution in [3.05, 3.63) is 41.7 Å². The second kappa shape index (κ2) is 12.4. The van der Waals surface area contributed by atoms with E-state index >= 15 is 0 Å². The van der Waals surface area contributed by atoms with Gasteiger partial charge in [-0.05, 0) is 127 Å². The first-order valence-corrected chi connectivity index (χ1v) is 16.5. The van der Waals surface area contributed by atoms with Crippen molar-refractivity contribution < 1.29 is 9.53 Å². The maximum Gasteiger partial charge on any atom is 0.233 e. The van der Waals surface area contributed by atoms with Gasteiger partial charge in [-0.2, -0.15) is 5.10 Å². The number of aryl methyl sites for hydroxylation is 2. The molecule has 3 fully saturated rings. The second-order valence-corrected chi connectivity index (χ2v) is 14.1. The van der Waals surface area contributed by atoms with E-state index in [9.17, 15) is 4.79 Å². The third-order valence-corrected chi connectivity index (χ3v) is 10.1. The summed E-state index contributed by atoms with van der Waals surface area (Å²) in [4.78, 5) is 19.4. The molecule has 0 radical (unpaired) electrons. The highest BCUT2D eigenvalue weighted by Gasteiger charge is 2.41. The summed E-state index contributed by atoms with van der Waals surface area (Å²) in [6, 6.07) is 5.65. The highest BCUT2D eigenvalue weighted by Crippen LogP contribution is 2.50. The number of rotatable bonds is 15. The number of anilines is 1. The zero-order chi connectivity index (χ0) is 29.3. The number of pyridine rings is 1. The molecule has 1 aliphatic heterocycles. The topological polar surface area (TPSA) is 90.1 Å². The summed E-state index contributed by atoms with van der Waals surface area (Å²) in [6.07, 6.45) is 14.9. The van der Waals surface area contributed by atoms with E-state index in [1.165, 1.54) is 31.2 Å². The lowest BCUT2D eigenvalue weighted by molar-refractivity contribution is 0.112. The summed E-state index contributed by atoms with van der Waals surface area (Å²) in [5, 5.41) is 10.4. The maximum absolute atomic E-state index is 12.1. The highest BCUT2D eigenvalue weighted by molar-refractivity contribution is 7.97. The summed E-state index contributed by atoms with van der Waals surface area (Å²) in [5.41, 5.74) is 1.70. The first kappa shape index (κ1) is 29.2. The molecule has 4 heterocycles. The Hall–Kier alpha value is -2.85. The number of nitrogens with zero attached hydrogens (tertiary/aromatic N) is 6. The van der Waals surface area contributed by atoms with Crippen LogP contribution in [0.1, 0.15) is 81.1 Å². The Morgan fingerprint density at radius 2 is 1.95 bits per heavy atom. The van der Waals surface area contributed by atoms with Crippen LogP contribution in [0, 0.1) is 30.6 Å². The van der Waals surface area contributed by atoms with Crippen LogP contribution in [-0.4, -0.2) is 56.6 Å². The van der Waals surface area contributed by atoms with Crippen molar-refractivity contribution in [2.75, 3.05) is 25.1 Å². The van der Waals surface area contributed by atoms with Crippen molar-refractivity contribution in [3.8, 4) is 11.7 Å². The van der Waals surface area contributed by atoms with Crippen LogP contribution in [0.2, 0.25) is 0 Å². The highest BCUT2D eigenvalue weighted by atomic mass is 32.2. The predicted octanol–water partition coefficient (Wildman–Crippen LogP) is 6.10. The van der Waals surface area contributed by atoms with Gasteiger partial charge in [0.15, 0.2) is 12.1 Å². The van der Waals surface area contributed by atoms with Crippen molar-refractivity contribution in [2.45, 2.75) is 89.2 Å². The van der Waals surface area contributed by atoms with Gasteiger partial charge in [0.05, 0.1) is 12.2 Å². The Morgan fingerprint density at radius 1 is 1.17 bits per heavy atom. The Morgan fingerprint density at radius 3 is 2.67 bits per heavy atom. The molecule has 3 aromatic heterocycles. The molecule has 1 unspecified atom stereocenters. The number of nitrogens with one attached hydrogen (secondary N) is 1. The summed E-state index contributed by atoms with van der Waals surface area (Å²) in [6.45, 7) is 9.11. The monoisotopic (exact) mass is 591 g/mol. The van der Waals surface area contributed by atoms with Crippen LogP contribution >= 0.6 is 11.9 Å². The molecule has 1 atom stereocenters. The van der Waals surface area contributed by atoms with Gasteiger partial charge in [0.25, 0.3) is 0 Å². The average molecular weight is 592 g/mol. The molecule has 1 N–H and O–H groups in total. The molecule has 0 amide bonds. The van der Waals surface area contributed by atoms with Crippen molar-refractivity contribution in [1.82, 2.24) is 29.3 Å². The van der Waals surface area contributed by atoms with Crippen molar-refractivity contribution in [3.63, 3.8) is 0 Å². The molecule has 10 heteroatoms. The zero-order valence-corrected chi connectivity index (χ0v) is 26.3. The zero-order valence-electron chi connectivity index (χ0n) is 25.5. The molecule has 1 saturated heterocycles. The number of ether oxygens (including phenoxy) is 1. The van der Waals surface area contributed by atoms with Crippen LogP contribution in [0.5, 0.6) is 5.88 Å². The molecule has 0 spiro atoms. The fourth-order valence-electron chi connectivity index (χ4n) is 6.91. The lowest BCUT2D eigenvalue weighted by atomic mass is 9.93. The summed E-state index contributed by atoms with van der Waals surface area (Å²) in [7, 11) is 1.92. The number of hydrogen-bond donors (Lipinski definition) is 1. The molecule has 2 saturated carbocycles. The van der Waals surface area contributed by atoms with E-state index in [-0.39, 0.29) is 5.54 Å². The van der Waals surface area contributed by atoms with E-state index in [1.54, 1.807) is 16.6 Å². The van der Waals surface area contributed by atoms with Gasteiger partial charge >= 0.3 is 0 Å². The van der Waals surface area contributed by atoms with Gasteiger partial charge < -0.3 is 9.64 Å². The molecule has 3 aromatic rings. The molecule has 3 aliphatic rings. The minimum Gasteiger partial charge on any atom is -0.477 e. The lowest BCUT2D eigenvalue weighted by Gasteiger charge is -2.33. The van der Waals surface area contributed by atoms with Gasteiger partial charge in [0.2, 0.25) is 5.88 Å². The van der Waals surface area contributed by atoms with E-state index in [1.807, 2.05) is 31.4 Å². The van der Waals surface area contributed by atoms with Gasteiger partial charge in [-0.3, -0.25) is 14.2 Å². The first-order valence-electron chi connectivity index (χ1n) is 15.6. The summed E-state index contributed by atoms with van der Waals surface area (Å²) < 4.78 is 13.0. The SMILES string of the molecule is CNSc1nn(CCCC2CN(c3nc(-n4ccc(OCCC(C5CC5)C5CC5)n4)ccc3C=O)C(C)(C)C2)cc1C. The van der Waals surface area contributed by atoms with Crippen molar-refractivity contribution in [2.24, 2.45) is 23.7 Å². The standard InChI is InChI=1S/C32H45N7O2S/c1-22-19-37(36-31(22)42-33-4)15-5-6-23-18-32(2,3)38(20-23)30-26(21-40)11-12-28(34-30)39-16-13-29(35-39)41-17-14-27(24-7-8-24)25-9-10-25/h11-13,16,19,21,23-25,27,33H,5-10,14-15,17-18,20H2,1-4H3. The third-order valence-electron chi connectivity index (χ3n) is 9.29. The second-order valence-electron chi connectivity index (χ2n) is 13.1. The summed E-state index contributed by atoms with van der Waals surface area (Å²) >= 11 is 1.56. The molecule has 6 rings (SSSR count). The van der Waals surface area contributed by atoms with Crippen LogP contribution < -0.4 is 14.4 Å². The van der Waals surface area contributed by atoms with Gasteiger partial charge in [0, 0.05) is 42.7 Å². The summed E-state index contributed by atoms with van der Waals surface area (Å²) in [5.74, 6) is 5.29. The Balaban J connectivity index is 1.08. The fourth-order valence-corrected chi connectivity index (χ4v) is 7.46. The molecule has 42 heavy (non-hydrogen) atoms. The van der Waals surface area contributed by atoms with E-state index < -0.39 is 0 Å². The first-order chi connectivity index (χ1) is 20.3. The minimum absolute atomic E-state index is 0.106. The van der Waals surface area contributed by atoms with Gasteiger partial charge in [-0.25, -0.2) is 9.67 Å². The molecule has 0 aromatic carbocycles. The van der Waals surface area contributed by atoms with Crippen molar-refractivity contribution >= 4 is 24.1 Å². The fraction of sp³-hybridized carbons (Fsp3) is 0.625. The maximum atomic E-state index is 12.1. The minimum atomic E-state index is -0.106. The smallest absolute Gasteiger partial charge is 0.233 e. The van der Waals surface area contributed by atoms with Crippen LogP contribution in [0.15, 0.2) is 35.6 Å². The number of carbonyl (C=O) groups is 1. The molecular formula is C32H45N7O2S. The van der Waals surface area contributed by atoms with Crippen LogP contribution in [0.25, 0.3) is 5.82 Å². The van der Waals surface area contributed by atoms with Gasteiger partial charge in [-0.1, -0.05) is 0 Å². The van der Waals surface area contributed by atoms with E-state index in [4.69, 9.17) is 14.8 Å². The Kier molecular flexibility index (Phi) is 8.63. The molecule has 226 valence electrons. The average Bonchev–Trinajstić information content (AvgIpc) is 3.89. The van der Waals surface area contributed by atoms with Gasteiger partial charge in [-0.15, -0.1) is 5.10 Å². The number of hydrogen-bond acceptors (Lipinski definition) is 8. The Bertz CT molecular complexity index is 1360. The van der Waals surface area contributed by atoms with E-state index in [0.29, 0.717) is 23.2 Å². The molecular weight excluding hydrogens is 546 g/mol. The predicted molar refractivity (Wildman–Crippen MR) is 166 cm³/mol. The van der Waals surface area contributed by atoms with Crippen molar-refractivity contribution in [1.29, 1.82) is 0 Å². The van der Waals surface area contributed by atoms with Crippen LogP contribution in [0.3, 0.4) is 0 Å². The quantitative estimate of drug-likeness (QED) is 0.168. The normalized spacial score (nSPS) is 20.0. The molecule has 0 bridgehead atoms. The number of carbonyl (C=O) groups excluding carboxylic acids is 1. The number of aromatic nitrogens is 5. The number of aldehydes is 1. The molecule has 2 aliphatic carbocycles. The Labute approximate surface area is 253 Å². The van der Waals surface area contributed by atoms with E-state index in [2.05, 4.69) is 46.4 Å². The third kappa shape index (κ3) is 6.70. The van der Waals surface area contributed by atoms with Crippen LogP contribution in [-0.2, 0) is 6.54 Å². The van der Waals surface area contributed by atoms with Gasteiger partial charge in [0.1, 0.15) is 10.8 Å².